The van der Waals surface area contributed by atoms with Crippen LogP contribution in [0.2, 0.25) is 0 Å². The summed E-state index contributed by atoms with van der Waals surface area (Å²) in [7, 11) is 0. The number of hydrogen-bond donors (Lipinski definition) is 3. The number of urea groups is 1. The van der Waals surface area contributed by atoms with Crippen LogP contribution in [0.4, 0.5) is 15.2 Å². The van der Waals surface area contributed by atoms with Gasteiger partial charge >= 0.3 is 6.03 Å². The quantitative estimate of drug-likeness (QED) is 0.257. The number of carbonyl (C=O) groups is 1. The molecule has 36 heavy (non-hydrogen) atoms. The number of halogens is 1. The number of amides is 2. The van der Waals surface area contributed by atoms with Crippen LogP contribution < -0.4 is 10.6 Å². The van der Waals surface area contributed by atoms with Crippen LogP contribution in [0.25, 0.3) is 22.1 Å². The zero-order valence-corrected chi connectivity index (χ0v) is 20.8. The zero-order chi connectivity index (χ0) is 25.1. The van der Waals surface area contributed by atoms with Crippen molar-refractivity contribution in [3.8, 4) is 0 Å². The lowest BCUT2D eigenvalue weighted by atomic mass is 10.0. The van der Waals surface area contributed by atoms with Crippen molar-refractivity contribution in [2.75, 3.05) is 11.9 Å². The van der Waals surface area contributed by atoms with Crippen LogP contribution >= 0.6 is 0 Å². The molecule has 4 aromatic rings. The van der Waals surface area contributed by atoms with Gasteiger partial charge in [-0.3, -0.25) is 0 Å². The molecule has 2 aromatic carbocycles. The number of nitrogens with zero attached hydrogens (tertiary/aromatic N) is 3. The van der Waals surface area contributed by atoms with Crippen molar-refractivity contribution in [1.29, 1.82) is 0 Å². The van der Waals surface area contributed by atoms with E-state index in [0.29, 0.717) is 35.5 Å². The number of imidazole rings is 1. The third-order valence-electron chi connectivity index (χ3n) is 7.09. The number of aromatic nitrogens is 3. The number of nitrogens with one attached hydrogen (secondary N) is 3. The monoisotopic (exact) mass is 492 g/mol. The van der Waals surface area contributed by atoms with Gasteiger partial charge in [-0.05, 0) is 62.8 Å². The average molecular weight is 493 g/mol. The Morgan fingerprint density at radius 1 is 1.19 bits per heavy atom. The molecule has 3 atom stereocenters. The maximum absolute atomic E-state index is 14.1. The molecule has 3 N–H and O–H groups in total. The minimum atomic E-state index is -0.395. The lowest BCUT2D eigenvalue weighted by molar-refractivity contribution is 0.146. The third kappa shape index (κ3) is 5.15. The highest BCUT2D eigenvalue weighted by Gasteiger charge is 2.27. The summed E-state index contributed by atoms with van der Waals surface area (Å²) in [5.74, 6) is 0.418. The molecule has 0 spiro atoms. The Labute approximate surface area is 209 Å². The molecular weight excluding hydrogens is 459 g/mol. The number of anilines is 1. The first-order chi connectivity index (χ1) is 17.5. The number of fused-ring (bicyclic) bond motifs is 2. The van der Waals surface area contributed by atoms with E-state index < -0.39 is 6.17 Å². The Morgan fingerprint density at radius 2 is 2.06 bits per heavy atom. The zero-order valence-electron chi connectivity index (χ0n) is 20.8. The smallest absolute Gasteiger partial charge is 0.319 e. The number of para-hydroxylation sites is 3. The molecule has 2 amide bonds. The Morgan fingerprint density at radius 3 is 2.86 bits per heavy atom. The fraction of sp³-hybridized carbons (Fsp3) is 0.444. The molecule has 0 bridgehead atoms. The van der Waals surface area contributed by atoms with Crippen LogP contribution in [0.1, 0.15) is 64.1 Å². The summed E-state index contributed by atoms with van der Waals surface area (Å²) in [6.07, 6.45) is 5.07. The number of hydrogen-bond acceptors (Lipinski definition) is 5. The van der Waals surface area contributed by atoms with Gasteiger partial charge < -0.3 is 24.9 Å². The van der Waals surface area contributed by atoms with Gasteiger partial charge in [-0.15, -0.1) is 0 Å². The van der Waals surface area contributed by atoms with E-state index in [4.69, 9.17) is 4.42 Å². The number of rotatable bonds is 8. The fourth-order valence-corrected chi connectivity index (χ4v) is 4.99. The molecule has 9 heteroatoms. The van der Waals surface area contributed by atoms with Crippen LogP contribution in [0.3, 0.4) is 0 Å². The first-order valence-corrected chi connectivity index (χ1v) is 12.8. The Bertz CT molecular complexity index is 1300. The second-order valence-electron chi connectivity index (χ2n) is 9.62. The molecule has 1 aliphatic rings. The maximum Gasteiger partial charge on any atom is 0.319 e. The van der Waals surface area contributed by atoms with Gasteiger partial charge in [-0.1, -0.05) is 32.0 Å². The van der Waals surface area contributed by atoms with E-state index >= 15 is 0 Å². The van der Waals surface area contributed by atoms with Gasteiger partial charge in [-0.25, -0.2) is 14.2 Å². The van der Waals surface area contributed by atoms with E-state index in [-0.39, 0.29) is 23.8 Å². The summed E-state index contributed by atoms with van der Waals surface area (Å²) in [4.78, 5) is 27.5. The van der Waals surface area contributed by atoms with Crippen LogP contribution in [0.15, 0.2) is 46.9 Å². The summed E-state index contributed by atoms with van der Waals surface area (Å²) in [6.45, 7) is 4.94. The van der Waals surface area contributed by atoms with E-state index in [9.17, 15) is 9.18 Å². The van der Waals surface area contributed by atoms with E-state index in [2.05, 4.69) is 32.5 Å². The molecule has 5 rings (SSSR count). The van der Waals surface area contributed by atoms with Crippen molar-refractivity contribution in [2.24, 2.45) is 0 Å². The number of H-pyrrole nitrogens is 1. The Balaban J connectivity index is 1.31. The normalized spacial score (nSPS) is 17.9. The maximum atomic E-state index is 14.1. The molecule has 190 valence electrons. The van der Waals surface area contributed by atoms with Gasteiger partial charge in [0.1, 0.15) is 23.0 Å². The second kappa shape index (κ2) is 10.6. The molecule has 0 aliphatic carbocycles. The SMILES string of the molecule is CC[C@H]1CCCCN1C(=O)N[C@@H](CC[C@@H](C)c1nc2c(F)cccc2[nH]1)Nc1nc2ccccc2o1. The number of benzene rings is 2. The van der Waals surface area contributed by atoms with E-state index in [1.807, 2.05) is 42.2 Å². The molecule has 8 nitrogen and oxygen atoms in total. The fourth-order valence-electron chi connectivity index (χ4n) is 4.99. The Kier molecular flexibility index (Phi) is 7.06. The minimum Gasteiger partial charge on any atom is -0.424 e. The van der Waals surface area contributed by atoms with Crippen LogP contribution in [0, 0.1) is 5.82 Å². The summed E-state index contributed by atoms with van der Waals surface area (Å²) < 4.78 is 20.0. The first-order valence-electron chi connectivity index (χ1n) is 12.8. The number of likely N-dealkylation sites (tertiary alicyclic amines) is 1. The average Bonchev–Trinajstić information content (AvgIpc) is 3.51. The summed E-state index contributed by atoms with van der Waals surface area (Å²) >= 11 is 0. The van der Waals surface area contributed by atoms with E-state index in [0.717, 1.165) is 43.6 Å². The van der Waals surface area contributed by atoms with E-state index in [1.165, 1.54) is 6.07 Å². The molecule has 0 radical (unpaired) electrons. The van der Waals surface area contributed by atoms with Gasteiger partial charge in [-0.2, -0.15) is 4.98 Å². The van der Waals surface area contributed by atoms with Gasteiger partial charge in [0.15, 0.2) is 11.4 Å². The van der Waals surface area contributed by atoms with Crippen LogP contribution in [-0.2, 0) is 0 Å². The number of aromatic amines is 1. The third-order valence-corrected chi connectivity index (χ3v) is 7.09. The number of oxazole rings is 1. The van der Waals surface area contributed by atoms with E-state index in [1.54, 1.807) is 6.07 Å². The summed E-state index contributed by atoms with van der Waals surface area (Å²) in [5.41, 5.74) is 2.47. The lowest BCUT2D eigenvalue weighted by Crippen LogP contribution is -2.52. The van der Waals surface area contributed by atoms with Crippen molar-refractivity contribution >= 4 is 34.2 Å². The molecule has 2 aromatic heterocycles. The van der Waals surface area contributed by atoms with Gasteiger partial charge in [0, 0.05) is 18.5 Å². The first kappa shape index (κ1) is 24.1. The van der Waals surface area contributed by atoms with Crippen molar-refractivity contribution in [3.63, 3.8) is 0 Å². The highest BCUT2D eigenvalue weighted by Crippen LogP contribution is 2.25. The standard InChI is InChI=1S/C27H33FN6O2/c1-3-18-9-6-7-16-34(18)27(35)32-23(31-26-30-20-11-4-5-13-22(20)36-26)15-14-17(2)25-29-21-12-8-10-19(28)24(21)33-25/h4-5,8,10-13,17-18,23H,3,6-7,9,14-16H2,1-2H3,(H,29,33)(H,30,31)(H,32,35)/t17-,18+,23+/m1/s1. The van der Waals surface area contributed by atoms with Crippen molar-refractivity contribution in [1.82, 2.24) is 25.2 Å². The predicted molar refractivity (Wildman–Crippen MR) is 138 cm³/mol. The molecular formula is C27H33FN6O2. The number of piperidine rings is 1. The lowest BCUT2D eigenvalue weighted by Gasteiger charge is -2.36. The highest BCUT2D eigenvalue weighted by molar-refractivity contribution is 5.77. The van der Waals surface area contributed by atoms with Crippen molar-refractivity contribution in [2.45, 2.75) is 70.5 Å². The number of carbonyl (C=O) groups excluding carboxylic acids is 1. The molecule has 1 aliphatic heterocycles. The van der Waals surface area contributed by atoms with Crippen LogP contribution in [-0.4, -0.2) is 44.6 Å². The molecule has 3 heterocycles. The second-order valence-corrected chi connectivity index (χ2v) is 9.62. The summed E-state index contributed by atoms with van der Waals surface area (Å²) in [5, 5.41) is 6.46. The molecule has 0 unspecified atom stereocenters. The summed E-state index contributed by atoms with van der Waals surface area (Å²) in [6, 6.07) is 13.0. The highest BCUT2D eigenvalue weighted by atomic mass is 19.1. The molecule has 1 fully saturated rings. The van der Waals surface area contributed by atoms with Crippen molar-refractivity contribution in [3.05, 3.63) is 54.1 Å². The van der Waals surface area contributed by atoms with Gasteiger partial charge in [0.25, 0.3) is 6.01 Å². The minimum absolute atomic E-state index is 0.0278. The molecule has 1 saturated heterocycles. The Hall–Kier alpha value is -3.62. The van der Waals surface area contributed by atoms with Crippen molar-refractivity contribution < 1.29 is 13.6 Å². The van der Waals surface area contributed by atoms with Gasteiger partial charge in [0.2, 0.25) is 0 Å². The molecule has 0 saturated carbocycles. The largest absolute Gasteiger partial charge is 0.424 e. The van der Waals surface area contributed by atoms with Gasteiger partial charge in [0.05, 0.1) is 5.52 Å². The van der Waals surface area contributed by atoms with Crippen LogP contribution in [0.5, 0.6) is 0 Å². The topological polar surface area (TPSA) is 99.1 Å². The predicted octanol–water partition coefficient (Wildman–Crippen LogP) is 6.14.